The minimum absolute atomic E-state index is 0.269. The van der Waals surface area contributed by atoms with Crippen molar-refractivity contribution in [3.63, 3.8) is 0 Å². The second-order valence-corrected chi connectivity index (χ2v) is 6.29. The van der Waals surface area contributed by atoms with Crippen molar-refractivity contribution >= 4 is 6.09 Å². The molecule has 0 N–H and O–H groups in total. The van der Waals surface area contributed by atoms with Crippen molar-refractivity contribution in [1.29, 1.82) is 0 Å². The molecule has 2 aliphatic rings. The molecule has 0 aromatic carbocycles. The van der Waals surface area contributed by atoms with Crippen molar-refractivity contribution in [2.75, 3.05) is 6.54 Å². The lowest BCUT2D eigenvalue weighted by molar-refractivity contribution is 0.0190. The summed E-state index contributed by atoms with van der Waals surface area (Å²) < 4.78 is 7.31. The SMILES string of the molecule is CC(C)(C)OC(=O)N1CCn2nc(C3CC3)nc2C1. The molecule has 0 bridgehead atoms. The second-order valence-electron chi connectivity index (χ2n) is 6.29. The Labute approximate surface area is 112 Å². The lowest BCUT2D eigenvalue weighted by Gasteiger charge is -2.29. The molecule has 1 aliphatic heterocycles. The van der Waals surface area contributed by atoms with Crippen LogP contribution in [-0.2, 0) is 17.8 Å². The minimum atomic E-state index is -0.457. The largest absolute Gasteiger partial charge is 0.444 e. The van der Waals surface area contributed by atoms with Gasteiger partial charge in [-0.15, -0.1) is 0 Å². The minimum Gasteiger partial charge on any atom is -0.444 e. The Morgan fingerprint density at radius 1 is 1.32 bits per heavy atom. The zero-order chi connectivity index (χ0) is 13.6. The first-order chi connectivity index (χ1) is 8.92. The second kappa shape index (κ2) is 4.21. The third-order valence-corrected chi connectivity index (χ3v) is 3.27. The molecule has 6 nitrogen and oxygen atoms in total. The number of rotatable bonds is 1. The van der Waals surface area contributed by atoms with Gasteiger partial charge in [0, 0.05) is 12.5 Å². The van der Waals surface area contributed by atoms with Gasteiger partial charge in [0.05, 0.1) is 13.1 Å². The first-order valence-corrected chi connectivity index (χ1v) is 6.84. The Bertz CT molecular complexity index is 499. The van der Waals surface area contributed by atoms with Crippen LogP contribution in [-0.4, -0.2) is 37.9 Å². The van der Waals surface area contributed by atoms with Crippen molar-refractivity contribution in [1.82, 2.24) is 19.7 Å². The maximum absolute atomic E-state index is 12.0. The highest BCUT2D eigenvalue weighted by Crippen LogP contribution is 2.38. The van der Waals surface area contributed by atoms with E-state index in [4.69, 9.17) is 4.74 Å². The van der Waals surface area contributed by atoms with Crippen molar-refractivity contribution < 1.29 is 9.53 Å². The highest BCUT2D eigenvalue weighted by molar-refractivity contribution is 5.68. The molecule has 1 aromatic heterocycles. The molecular weight excluding hydrogens is 244 g/mol. The number of hydrogen-bond acceptors (Lipinski definition) is 4. The molecule has 3 rings (SSSR count). The van der Waals surface area contributed by atoms with Crippen LogP contribution in [0.3, 0.4) is 0 Å². The van der Waals surface area contributed by atoms with Gasteiger partial charge in [0.2, 0.25) is 0 Å². The summed E-state index contributed by atoms with van der Waals surface area (Å²) in [5, 5.41) is 4.51. The highest BCUT2D eigenvalue weighted by Gasteiger charge is 2.32. The summed E-state index contributed by atoms with van der Waals surface area (Å²) in [6.45, 7) is 7.46. The Morgan fingerprint density at radius 2 is 2.05 bits per heavy atom. The predicted molar refractivity (Wildman–Crippen MR) is 68.6 cm³/mol. The van der Waals surface area contributed by atoms with E-state index in [0.717, 1.165) is 11.6 Å². The van der Waals surface area contributed by atoms with Crippen LogP contribution >= 0.6 is 0 Å². The summed E-state index contributed by atoms with van der Waals surface area (Å²) in [6.07, 6.45) is 2.12. The number of nitrogens with zero attached hydrogens (tertiary/aromatic N) is 4. The average Bonchev–Trinajstić information content (AvgIpc) is 3.06. The fourth-order valence-electron chi connectivity index (χ4n) is 2.15. The lowest BCUT2D eigenvalue weighted by atomic mass is 10.2. The fourth-order valence-corrected chi connectivity index (χ4v) is 2.15. The van der Waals surface area contributed by atoms with Crippen molar-refractivity contribution in [2.24, 2.45) is 0 Å². The van der Waals surface area contributed by atoms with Gasteiger partial charge in [-0.25, -0.2) is 14.5 Å². The van der Waals surface area contributed by atoms with Crippen LogP contribution in [0.5, 0.6) is 0 Å². The summed E-state index contributed by atoms with van der Waals surface area (Å²) in [7, 11) is 0. The molecule has 0 saturated heterocycles. The quantitative estimate of drug-likeness (QED) is 0.777. The number of fused-ring (bicyclic) bond motifs is 1. The molecule has 1 fully saturated rings. The topological polar surface area (TPSA) is 60.2 Å². The molecule has 1 amide bonds. The van der Waals surface area contributed by atoms with Crippen LogP contribution in [0.25, 0.3) is 0 Å². The number of hydrogen-bond donors (Lipinski definition) is 0. The van der Waals surface area contributed by atoms with Crippen LogP contribution in [0.15, 0.2) is 0 Å². The number of amides is 1. The molecular formula is C13H20N4O2. The Kier molecular flexibility index (Phi) is 2.76. The average molecular weight is 264 g/mol. The molecule has 1 aromatic rings. The standard InChI is InChI=1S/C13H20N4O2/c1-13(2,3)19-12(18)16-6-7-17-10(8-16)14-11(15-17)9-4-5-9/h9H,4-8H2,1-3H3. The molecule has 0 spiro atoms. The van der Waals surface area contributed by atoms with Gasteiger partial charge in [-0.2, -0.15) is 5.10 Å². The van der Waals surface area contributed by atoms with E-state index < -0.39 is 5.60 Å². The van der Waals surface area contributed by atoms with Gasteiger partial charge in [-0.3, -0.25) is 4.90 Å². The Balaban J connectivity index is 1.69. The van der Waals surface area contributed by atoms with Crippen LogP contribution in [0.4, 0.5) is 4.79 Å². The van der Waals surface area contributed by atoms with E-state index in [2.05, 4.69) is 10.1 Å². The maximum Gasteiger partial charge on any atom is 0.410 e. The van der Waals surface area contributed by atoms with Gasteiger partial charge in [0.25, 0.3) is 0 Å². The van der Waals surface area contributed by atoms with Gasteiger partial charge < -0.3 is 4.74 Å². The van der Waals surface area contributed by atoms with E-state index in [0.29, 0.717) is 25.6 Å². The van der Waals surface area contributed by atoms with E-state index in [9.17, 15) is 4.79 Å². The number of carbonyl (C=O) groups is 1. The van der Waals surface area contributed by atoms with Crippen molar-refractivity contribution in [3.8, 4) is 0 Å². The lowest BCUT2D eigenvalue weighted by Crippen LogP contribution is -2.41. The molecule has 6 heteroatoms. The molecule has 104 valence electrons. The van der Waals surface area contributed by atoms with Crippen LogP contribution in [0, 0.1) is 0 Å². The van der Waals surface area contributed by atoms with Gasteiger partial charge in [-0.1, -0.05) is 0 Å². The van der Waals surface area contributed by atoms with E-state index in [-0.39, 0.29) is 6.09 Å². The number of aromatic nitrogens is 3. The van der Waals surface area contributed by atoms with Gasteiger partial charge in [0.15, 0.2) is 5.82 Å². The first kappa shape index (κ1) is 12.4. The molecule has 0 radical (unpaired) electrons. The summed E-state index contributed by atoms with van der Waals surface area (Å²) in [6, 6.07) is 0. The van der Waals surface area contributed by atoms with Gasteiger partial charge in [-0.05, 0) is 33.6 Å². The molecule has 19 heavy (non-hydrogen) atoms. The van der Waals surface area contributed by atoms with Gasteiger partial charge >= 0.3 is 6.09 Å². The highest BCUT2D eigenvalue weighted by atomic mass is 16.6. The summed E-state index contributed by atoms with van der Waals surface area (Å²) >= 11 is 0. The molecule has 0 atom stereocenters. The first-order valence-electron chi connectivity index (χ1n) is 6.84. The summed E-state index contributed by atoms with van der Waals surface area (Å²) in [5.74, 6) is 2.37. The molecule has 1 aliphatic carbocycles. The summed E-state index contributed by atoms with van der Waals surface area (Å²) in [5.41, 5.74) is -0.457. The molecule has 1 saturated carbocycles. The number of carbonyl (C=O) groups excluding carboxylic acids is 1. The van der Waals surface area contributed by atoms with Crippen LogP contribution < -0.4 is 0 Å². The predicted octanol–water partition coefficient (Wildman–Crippen LogP) is 1.91. The van der Waals surface area contributed by atoms with Crippen LogP contribution in [0.2, 0.25) is 0 Å². The van der Waals surface area contributed by atoms with Crippen LogP contribution in [0.1, 0.15) is 51.2 Å². The maximum atomic E-state index is 12.0. The normalized spacial score (nSPS) is 19.2. The Hall–Kier alpha value is -1.59. The Morgan fingerprint density at radius 3 is 2.68 bits per heavy atom. The van der Waals surface area contributed by atoms with E-state index in [1.807, 2.05) is 25.5 Å². The van der Waals surface area contributed by atoms with E-state index >= 15 is 0 Å². The number of ether oxygens (including phenoxy) is 1. The fraction of sp³-hybridized carbons (Fsp3) is 0.769. The molecule has 2 heterocycles. The zero-order valence-electron chi connectivity index (χ0n) is 11.7. The third kappa shape index (κ3) is 2.72. The zero-order valence-corrected chi connectivity index (χ0v) is 11.7. The van der Waals surface area contributed by atoms with E-state index in [1.165, 1.54) is 12.8 Å². The van der Waals surface area contributed by atoms with Crippen molar-refractivity contribution in [2.45, 2.75) is 58.2 Å². The van der Waals surface area contributed by atoms with Gasteiger partial charge in [0.1, 0.15) is 11.4 Å². The van der Waals surface area contributed by atoms with E-state index in [1.54, 1.807) is 4.90 Å². The monoisotopic (exact) mass is 264 g/mol. The smallest absolute Gasteiger partial charge is 0.410 e. The molecule has 0 unspecified atom stereocenters. The summed E-state index contributed by atoms with van der Waals surface area (Å²) in [4.78, 5) is 18.3. The van der Waals surface area contributed by atoms with Crippen molar-refractivity contribution in [3.05, 3.63) is 11.6 Å². The third-order valence-electron chi connectivity index (χ3n) is 3.27.